The fourth-order valence-corrected chi connectivity index (χ4v) is 4.02. The predicted octanol–water partition coefficient (Wildman–Crippen LogP) is 6.50. The second-order valence-electron chi connectivity index (χ2n) is 7.03. The highest BCUT2D eigenvalue weighted by Gasteiger charge is 2.33. The summed E-state index contributed by atoms with van der Waals surface area (Å²) < 4.78 is 17.6. The monoisotopic (exact) mass is 345 g/mol. The van der Waals surface area contributed by atoms with Crippen molar-refractivity contribution < 1.29 is 13.3 Å². The molecule has 0 radical (unpaired) electrons. The van der Waals surface area contributed by atoms with Crippen molar-refractivity contribution in [3.05, 3.63) is 77.0 Å². The highest BCUT2D eigenvalue weighted by Crippen LogP contribution is 2.39. The Morgan fingerprint density at radius 3 is 1.73 bits per heavy atom. The van der Waals surface area contributed by atoms with E-state index in [1.807, 2.05) is 24.3 Å². The Morgan fingerprint density at radius 1 is 0.731 bits per heavy atom. The smallest absolute Gasteiger partial charge is 0.360 e. The standard InChI is InChI=1S/C23H21O3/c1-5-16-13-17-6-2-8-19(15-21-10-4-12-25-21)23(17)26-22(16)18(7-1)14-20-9-3-11-24-20/h3-4,9-15H,1-2,5-8H2/q+1. The summed E-state index contributed by atoms with van der Waals surface area (Å²) in [7, 11) is 0. The first-order valence-electron chi connectivity index (χ1n) is 9.34. The molecule has 3 heterocycles. The van der Waals surface area contributed by atoms with Crippen LogP contribution in [0.3, 0.4) is 0 Å². The molecular weight excluding hydrogens is 324 g/mol. The predicted molar refractivity (Wildman–Crippen MR) is 102 cm³/mol. The van der Waals surface area contributed by atoms with E-state index in [4.69, 9.17) is 13.3 Å². The van der Waals surface area contributed by atoms with Crippen molar-refractivity contribution in [3.63, 3.8) is 0 Å². The molecule has 2 aliphatic rings. The Balaban J connectivity index is 1.62. The first-order chi connectivity index (χ1) is 12.9. The van der Waals surface area contributed by atoms with Gasteiger partial charge in [0.2, 0.25) is 0 Å². The Morgan fingerprint density at radius 2 is 1.27 bits per heavy atom. The third-order valence-corrected chi connectivity index (χ3v) is 5.22. The highest BCUT2D eigenvalue weighted by molar-refractivity contribution is 5.83. The lowest BCUT2D eigenvalue weighted by Crippen LogP contribution is -2.08. The summed E-state index contributed by atoms with van der Waals surface area (Å²) in [6, 6.07) is 10.2. The van der Waals surface area contributed by atoms with Crippen molar-refractivity contribution in [2.75, 3.05) is 0 Å². The van der Waals surface area contributed by atoms with E-state index in [9.17, 15) is 0 Å². The lowest BCUT2D eigenvalue weighted by atomic mass is 9.86. The van der Waals surface area contributed by atoms with E-state index < -0.39 is 0 Å². The highest BCUT2D eigenvalue weighted by atomic mass is 16.3. The molecule has 0 aliphatic heterocycles. The average Bonchev–Trinajstić information content (AvgIpc) is 3.35. The van der Waals surface area contributed by atoms with Crippen LogP contribution in [0.4, 0.5) is 0 Å². The number of aryl methyl sites for hydroxylation is 2. The summed E-state index contributed by atoms with van der Waals surface area (Å²) >= 11 is 0. The lowest BCUT2D eigenvalue weighted by molar-refractivity contribution is 0.484. The number of rotatable bonds is 2. The second kappa shape index (κ2) is 6.49. The molecule has 0 saturated carbocycles. The van der Waals surface area contributed by atoms with E-state index >= 15 is 0 Å². The van der Waals surface area contributed by atoms with Crippen LogP contribution in [0.5, 0.6) is 0 Å². The average molecular weight is 345 g/mol. The lowest BCUT2D eigenvalue weighted by Gasteiger charge is -2.16. The van der Waals surface area contributed by atoms with Crippen LogP contribution in [0.25, 0.3) is 23.3 Å². The largest absolute Gasteiger partial charge is 0.465 e. The van der Waals surface area contributed by atoms with Crippen LogP contribution >= 0.6 is 0 Å². The van der Waals surface area contributed by atoms with Crippen molar-refractivity contribution in [1.29, 1.82) is 0 Å². The van der Waals surface area contributed by atoms with Crippen LogP contribution in [-0.4, -0.2) is 0 Å². The molecule has 26 heavy (non-hydrogen) atoms. The van der Waals surface area contributed by atoms with Crippen molar-refractivity contribution in [2.45, 2.75) is 38.5 Å². The van der Waals surface area contributed by atoms with E-state index in [0.717, 1.165) is 61.6 Å². The summed E-state index contributed by atoms with van der Waals surface area (Å²) in [6.45, 7) is 0. The number of hydrogen-bond acceptors (Lipinski definition) is 2. The van der Waals surface area contributed by atoms with E-state index in [1.165, 1.54) is 22.3 Å². The van der Waals surface area contributed by atoms with Crippen LogP contribution in [0.1, 0.15) is 59.9 Å². The Kier molecular flexibility index (Phi) is 3.85. The molecule has 0 aromatic carbocycles. The molecule has 2 aliphatic carbocycles. The Labute approximate surface area is 152 Å². The zero-order chi connectivity index (χ0) is 17.3. The van der Waals surface area contributed by atoms with Gasteiger partial charge in [-0.3, -0.25) is 0 Å². The van der Waals surface area contributed by atoms with Gasteiger partial charge < -0.3 is 8.83 Å². The van der Waals surface area contributed by atoms with Crippen molar-refractivity contribution in [3.8, 4) is 0 Å². The van der Waals surface area contributed by atoms with Gasteiger partial charge in [-0.05, 0) is 81.0 Å². The summed E-state index contributed by atoms with van der Waals surface area (Å²) in [5.41, 5.74) is 5.11. The second-order valence-corrected chi connectivity index (χ2v) is 7.03. The van der Waals surface area contributed by atoms with Gasteiger partial charge in [-0.25, -0.2) is 4.42 Å². The van der Waals surface area contributed by atoms with Crippen LogP contribution in [0, 0.1) is 0 Å². The minimum atomic E-state index is 0.882. The Hall–Kier alpha value is -2.81. The molecule has 3 aromatic rings. The maximum Gasteiger partial charge on any atom is 0.360 e. The van der Waals surface area contributed by atoms with Crippen LogP contribution < -0.4 is 0 Å². The molecule has 0 unspecified atom stereocenters. The van der Waals surface area contributed by atoms with Gasteiger partial charge in [0.1, 0.15) is 11.5 Å². The van der Waals surface area contributed by atoms with Gasteiger partial charge in [0.15, 0.2) is 0 Å². The number of furan rings is 2. The van der Waals surface area contributed by atoms with Gasteiger partial charge in [-0.1, -0.05) is 0 Å². The Bertz CT molecular complexity index is 895. The number of allylic oxidation sites excluding steroid dienone is 2. The summed E-state index contributed by atoms with van der Waals surface area (Å²) in [5, 5.41) is 0. The van der Waals surface area contributed by atoms with Crippen molar-refractivity contribution in [1.82, 2.24) is 0 Å². The summed E-state index contributed by atoms with van der Waals surface area (Å²) in [4.78, 5) is 0. The van der Waals surface area contributed by atoms with Gasteiger partial charge in [-0.15, -0.1) is 0 Å². The molecule has 3 aromatic heterocycles. The molecule has 0 spiro atoms. The molecule has 0 saturated heterocycles. The van der Waals surface area contributed by atoms with Gasteiger partial charge in [0.05, 0.1) is 34.8 Å². The number of fused-ring (bicyclic) bond motifs is 2. The van der Waals surface area contributed by atoms with Gasteiger partial charge in [0.25, 0.3) is 0 Å². The molecule has 5 rings (SSSR count). The van der Waals surface area contributed by atoms with E-state index in [1.54, 1.807) is 12.5 Å². The molecule has 3 heteroatoms. The molecule has 0 atom stereocenters. The minimum absolute atomic E-state index is 0.882. The van der Waals surface area contributed by atoms with Crippen LogP contribution in [0.2, 0.25) is 0 Å². The molecule has 0 amide bonds. The normalized spacial score (nSPS) is 19.5. The molecule has 0 bridgehead atoms. The van der Waals surface area contributed by atoms with Crippen molar-refractivity contribution >= 4 is 23.3 Å². The summed E-state index contributed by atoms with van der Waals surface area (Å²) in [6.07, 6.45) is 14.2. The van der Waals surface area contributed by atoms with Crippen LogP contribution in [-0.2, 0) is 12.8 Å². The first-order valence-corrected chi connectivity index (χ1v) is 9.34. The van der Waals surface area contributed by atoms with Crippen LogP contribution in [0.15, 0.2) is 56.1 Å². The maximum absolute atomic E-state index is 6.53. The SMILES string of the molecule is C(=C1/CCCc2cc3c([o+]c21)/C(=C/c1ccco1)CCC3)/c1ccco1. The van der Waals surface area contributed by atoms with E-state index in [2.05, 4.69) is 18.2 Å². The zero-order valence-corrected chi connectivity index (χ0v) is 14.7. The van der Waals surface area contributed by atoms with Gasteiger partial charge >= 0.3 is 11.5 Å². The maximum atomic E-state index is 6.53. The van der Waals surface area contributed by atoms with E-state index in [0.29, 0.717) is 0 Å². The molecule has 130 valence electrons. The van der Waals surface area contributed by atoms with Crippen molar-refractivity contribution in [2.24, 2.45) is 0 Å². The summed E-state index contributed by atoms with van der Waals surface area (Å²) in [5.74, 6) is 3.82. The third kappa shape index (κ3) is 2.84. The fourth-order valence-electron chi connectivity index (χ4n) is 4.02. The first kappa shape index (κ1) is 15.4. The van der Waals surface area contributed by atoms with E-state index in [-0.39, 0.29) is 0 Å². The molecule has 0 N–H and O–H groups in total. The third-order valence-electron chi connectivity index (χ3n) is 5.22. The van der Waals surface area contributed by atoms with Gasteiger partial charge in [0, 0.05) is 0 Å². The quantitative estimate of drug-likeness (QED) is 0.497. The number of hydrogen-bond donors (Lipinski definition) is 0. The minimum Gasteiger partial charge on any atom is -0.465 e. The topological polar surface area (TPSA) is 37.6 Å². The molecule has 3 nitrogen and oxygen atoms in total. The van der Waals surface area contributed by atoms with Gasteiger partial charge in [-0.2, -0.15) is 0 Å². The molecular formula is C23H21O3+. The molecule has 0 fully saturated rings. The fraction of sp³-hybridized carbons (Fsp3) is 0.261. The zero-order valence-electron chi connectivity index (χ0n) is 14.7.